The number of esters is 2. The smallest absolute Gasteiger partial charge is 0.337 e. The predicted molar refractivity (Wildman–Crippen MR) is 85.2 cm³/mol. The van der Waals surface area contributed by atoms with Gasteiger partial charge in [0.15, 0.2) is 5.75 Å². The van der Waals surface area contributed by atoms with Crippen LogP contribution in [0.25, 0.3) is 0 Å². The Morgan fingerprint density at radius 2 is 1.90 bits per heavy atom. The van der Waals surface area contributed by atoms with Crippen LogP contribution in [-0.4, -0.2) is 29.4 Å². The van der Waals surface area contributed by atoms with Gasteiger partial charge in [-0.1, -0.05) is 15.9 Å². The second-order valence-electron chi connectivity index (χ2n) is 5.36. The molecule has 5 nitrogen and oxygen atoms in total. The number of ether oxygens (including phenoxy) is 2. The Hall–Kier alpha value is -1.56. The molecule has 0 aliphatic heterocycles. The van der Waals surface area contributed by atoms with Crippen LogP contribution in [0.15, 0.2) is 18.2 Å². The third-order valence-corrected chi connectivity index (χ3v) is 2.86. The molecule has 1 rings (SSSR count). The number of nitrogens with one attached hydrogen (secondary N) is 1. The van der Waals surface area contributed by atoms with Crippen molar-refractivity contribution in [1.82, 2.24) is 0 Å². The Labute approximate surface area is 133 Å². The van der Waals surface area contributed by atoms with Crippen LogP contribution in [0.5, 0.6) is 5.75 Å². The van der Waals surface area contributed by atoms with Crippen molar-refractivity contribution in [2.75, 3.05) is 12.4 Å². The quantitative estimate of drug-likeness (QED) is 0.497. The van der Waals surface area contributed by atoms with Crippen molar-refractivity contribution in [3.63, 3.8) is 0 Å². The summed E-state index contributed by atoms with van der Waals surface area (Å²) in [5.74, 6) is -0.491. The fraction of sp³-hybridized carbons (Fsp3) is 0.467. The van der Waals surface area contributed by atoms with Crippen molar-refractivity contribution >= 4 is 33.6 Å². The van der Waals surface area contributed by atoms with Gasteiger partial charge in [-0.15, -0.1) is 0 Å². The van der Waals surface area contributed by atoms with Crippen LogP contribution in [0.3, 0.4) is 0 Å². The molecule has 0 saturated heterocycles. The van der Waals surface area contributed by atoms with Gasteiger partial charge in [-0.3, -0.25) is 4.79 Å². The Morgan fingerprint density at radius 1 is 1.29 bits per heavy atom. The van der Waals surface area contributed by atoms with E-state index >= 15 is 0 Å². The molecular formula is C15H20BrNO4. The lowest BCUT2D eigenvalue weighted by Crippen LogP contribution is -2.29. The Bertz CT molecular complexity index is 535. The molecule has 0 fully saturated rings. The molecule has 0 spiro atoms. The zero-order chi connectivity index (χ0) is 16.2. The molecule has 0 bridgehead atoms. The number of alkyl halides is 1. The van der Waals surface area contributed by atoms with Crippen LogP contribution in [0.1, 0.15) is 38.1 Å². The van der Waals surface area contributed by atoms with Gasteiger partial charge in [0.2, 0.25) is 0 Å². The molecule has 1 N–H and O–H groups in total. The van der Waals surface area contributed by atoms with E-state index in [0.717, 1.165) is 0 Å². The highest BCUT2D eigenvalue weighted by atomic mass is 79.9. The first-order valence-corrected chi connectivity index (χ1v) is 7.34. The molecule has 0 atom stereocenters. The molecule has 116 valence electrons. The highest BCUT2D eigenvalue weighted by Crippen LogP contribution is 2.29. The highest BCUT2D eigenvalue weighted by molar-refractivity contribution is 9.10. The topological polar surface area (TPSA) is 64.6 Å². The molecule has 0 aliphatic rings. The molecule has 1 aromatic rings. The van der Waals surface area contributed by atoms with E-state index < -0.39 is 16.3 Å². The van der Waals surface area contributed by atoms with E-state index in [0.29, 0.717) is 17.0 Å². The van der Waals surface area contributed by atoms with Gasteiger partial charge in [-0.05, 0) is 45.9 Å². The standard InChI is InChI=1S/C15H20BrNO4/c1-9(2)17-11-8-10(13(18)20-5)6-7-12(11)21-14(19)15(3,4)16/h6-9,17H,1-5H3. The molecule has 21 heavy (non-hydrogen) atoms. The van der Waals surface area contributed by atoms with E-state index in [1.165, 1.54) is 7.11 Å². The number of anilines is 1. The molecule has 0 aliphatic carbocycles. The average molecular weight is 358 g/mol. The van der Waals surface area contributed by atoms with Crippen molar-refractivity contribution < 1.29 is 19.1 Å². The Balaban J connectivity index is 3.13. The molecule has 0 unspecified atom stereocenters. The van der Waals surface area contributed by atoms with E-state index in [1.54, 1.807) is 32.0 Å². The van der Waals surface area contributed by atoms with Gasteiger partial charge in [0.05, 0.1) is 18.4 Å². The van der Waals surface area contributed by atoms with Crippen LogP contribution >= 0.6 is 15.9 Å². The zero-order valence-corrected chi connectivity index (χ0v) is 14.4. The molecule has 0 saturated carbocycles. The predicted octanol–water partition coefficient (Wildman–Crippen LogP) is 3.37. The van der Waals surface area contributed by atoms with Crippen LogP contribution < -0.4 is 10.1 Å². The van der Waals surface area contributed by atoms with Crippen LogP contribution in [0.4, 0.5) is 5.69 Å². The lowest BCUT2D eigenvalue weighted by molar-refractivity contribution is -0.135. The van der Waals surface area contributed by atoms with Gasteiger partial charge in [-0.2, -0.15) is 0 Å². The summed E-state index contributed by atoms with van der Waals surface area (Å²) >= 11 is 3.26. The number of carbonyl (C=O) groups excluding carboxylic acids is 2. The third-order valence-electron chi connectivity index (χ3n) is 2.53. The summed E-state index contributed by atoms with van der Waals surface area (Å²) < 4.78 is 9.28. The number of hydrogen-bond donors (Lipinski definition) is 1. The fourth-order valence-electron chi connectivity index (χ4n) is 1.51. The van der Waals surface area contributed by atoms with Gasteiger partial charge < -0.3 is 14.8 Å². The summed E-state index contributed by atoms with van der Waals surface area (Å²) in [6.45, 7) is 7.30. The van der Waals surface area contributed by atoms with E-state index in [-0.39, 0.29) is 6.04 Å². The van der Waals surface area contributed by atoms with Crippen LogP contribution in [0.2, 0.25) is 0 Å². The van der Waals surface area contributed by atoms with Gasteiger partial charge in [0, 0.05) is 6.04 Å². The monoisotopic (exact) mass is 357 g/mol. The summed E-state index contributed by atoms with van der Waals surface area (Å²) in [6, 6.07) is 4.86. The van der Waals surface area contributed by atoms with Gasteiger partial charge in [-0.25, -0.2) is 4.79 Å². The zero-order valence-electron chi connectivity index (χ0n) is 12.8. The molecule has 0 amide bonds. The first-order chi connectivity index (χ1) is 9.65. The highest BCUT2D eigenvalue weighted by Gasteiger charge is 2.27. The molecule has 0 aromatic heterocycles. The lowest BCUT2D eigenvalue weighted by Gasteiger charge is -2.19. The molecular weight excluding hydrogens is 338 g/mol. The van der Waals surface area contributed by atoms with Crippen molar-refractivity contribution in [3.05, 3.63) is 23.8 Å². The average Bonchev–Trinajstić information content (AvgIpc) is 2.38. The van der Waals surface area contributed by atoms with E-state index in [1.807, 2.05) is 13.8 Å². The van der Waals surface area contributed by atoms with E-state index in [4.69, 9.17) is 4.74 Å². The molecule has 1 aromatic carbocycles. The lowest BCUT2D eigenvalue weighted by atomic mass is 10.1. The second-order valence-corrected chi connectivity index (χ2v) is 7.35. The van der Waals surface area contributed by atoms with Crippen molar-refractivity contribution in [1.29, 1.82) is 0 Å². The van der Waals surface area contributed by atoms with Crippen LogP contribution in [-0.2, 0) is 9.53 Å². The Morgan fingerprint density at radius 3 is 2.38 bits per heavy atom. The summed E-state index contributed by atoms with van der Waals surface area (Å²) in [6.07, 6.45) is 0. The SMILES string of the molecule is COC(=O)c1ccc(OC(=O)C(C)(C)Br)c(NC(C)C)c1. The van der Waals surface area contributed by atoms with E-state index in [9.17, 15) is 9.59 Å². The minimum absolute atomic E-state index is 0.118. The Kier molecular flexibility index (Phi) is 5.78. The summed E-state index contributed by atoms with van der Waals surface area (Å²) in [4.78, 5) is 23.5. The van der Waals surface area contributed by atoms with E-state index in [2.05, 4.69) is 26.0 Å². The fourth-order valence-corrected chi connectivity index (χ4v) is 1.59. The molecule has 0 heterocycles. The van der Waals surface area contributed by atoms with Crippen molar-refractivity contribution in [2.24, 2.45) is 0 Å². The van der Waals surface area contributed by atoms with Crippen molar-refractivity contribution in [3.8, 4) is 5.75 Å². The summed E-state index contributed by atoms with van der Waals surface area (Å²) in [7, 11) is 1.32. The van der Waals surface area contributed by atoms with Crippen molar-refractivity contribution in [2.45, 2.75) is 38.1 Å². The number of methoxy groups -OCH3 is 1. The van der Waals surface area contributed by atoms with Crippen LogP contribution in [0, 0.1) is 0 Å². The maximum absolute atomic E-state index is 12.0. The third kappa shape index (κ3) is 5.04. The summed E-state index contributed by atoms with van der Waals surface area (Å²) in [5, 5.41) is 3.15. The number of halogens is 1. The summed E-state index contributed by atoms with van der Waals surface area (Å²) in [5.41, 5.74) is 0.955. The minimum atomic E-state index is -0.789. The first kappa shape index (κ1) is 17.5. The molecule has 6 heteroatoms. The van der Waals surface area contributed by atoms with Gasteiger partial charge in [0.25, 0.3) is 0 Å². The number of rotatable bonds is 5. The number of carbonyl (C=O) groups is 2. The normalized spacial score (nSPS) is 11.2. The second kappa shape index (κ2) is 6.93. The largest absolute Gasteiger partial charge is 0.465 e. The maximum atomic E-state index is 12.0. The first-order valence-electron chi connectivity index (χ1n) is 6.55. The van der Waals surface area contributed by atoms with Gasteiger partial charge in [0.1, 0.15) is 4.32 Å². The molecule has 0 radical (unpaired) electrons. The maximum Gasteiger partial charge on any atom is 0.337 e. The number of hydrogen-bond acceptors (Lipinski definition) is 5. The van der Waals surface area contributed by atoms with Gasteiger partial charge >= 0.3 is 11.9 Å². The minimum Gasteiger partial charge on any atom is -0.465 e. The number of benzene rings is 1.